The minimum absolute atomic E-state index is 0.0670. The molecule has 1 N–H and O–H groups in total. The van der Waals surface area contributed by atoms with E-state index >= 15 is 0 Å². The second kappa shape index (κ2) is 5.01. The van der Waals surface area contributed by atoms with Gasteiger partial charge in [0.15, 0.2) is 0 Å². The molecule has 0 atom stereocenters. The molecule has 0 aliphatic carbocycles. The van der Waals surface area contributed by atoms with E-state index in [4.69, 9.17) is 9.84 Å². The third-order valence-electron chi connectivity index (χ3n) is 2.55. The van der Waals surface area contributed by atoms with E-state index in [2.05, 4.69) is 4.98 Å². The van der Waals surface area contributed by atoms with Crippen molar-refractivity contribution in [3.05, 3.63) is 47.5 Å². The molecule has 0 unspecified atom stereocenters. The number of aryl methyl sites for hydroxylation is 1. The first-order valence-electron chi connectivity index (χ1n) is 5.48. The number of aromatic nitrogens is 2. The van der Waals surface area contributed by atoms with Crippen molar-refractivity contribution in [2.24, 2.45) is 0 Å². The lowest BCUT2D eigenvalue weighted by Gasteiger charge is -2.06. The van der Waals surface area contributed by atoms with E-state index in [1.54, 1.807) is 7.11 Å². The van der Waals surface area contributed by atoms with Gasteiger partial charge in [0.25, 0.3) is 0 Å². The molecule has 0 bridgehead atoms. The lowest BCUT2D eigenvalue weighted by molar-refractivity contribution is 0.281. The molecule has 0 saturated heterocycles. The van der Waals surface area contributed by atoms with Gasteiger partial charge in [0.05, 0.1) is 26.0 Å². The van der Waals surface area contributed by atoms with Crippen LogP contribution in [0.5, 0.6) is 5.75 Å². The van der Waals surface area contributed by atoms with Crippen molar-refractivity contribution < 1.29 is 9.84 Å². The quantitative estimate of drug-likeness (QED) is 0.873. The van der Waals surface area contributed by atoms with E-state index in [0.717, 1.165) is 22.7 Å². The fourth-order valence-corrected chi connectivity index (χ4v) is 1.77. The number of nitrogens with zero attached hydrogens (tertiary/aromatic N) is 2. The van der Waals surface area contributed by atoms with Crippen LogP contribution < -0.4 is 4.74 Å². The van der Waals surface area contributed by atoms with Crippen LogP contribution in [-0.4, -0.2) is 21.8 Å². The van der Waals surface area contributed by atoms with Crippen LogP contribution in [0, 0.1) is 6.92 Å². The maximum Gasteiger partial charge on any atom is 0.122 e. The smallest absolute Gasteiger partial charge is 0.122 e. The van der Waals surface area contributed by atoms with Crippen LogP contribution >= 0.6 is 0 Å². The topological polar surface area (TPSA) is 47.3 Å². The minimum Gasteiger partial charge on any atom is -0.497 e. The lowest BCUT2D eigenvalue weighted by Crippen LogP contribution is -2.01. The number of hydrogen-bond acceptors (Lipinski definition) is 3. The maximum absolute atomic E-state index is 8.99. The summed E-state index contributed by atoms with van der Waals surface area (Å²) in [6.45, 7) is 2.69. The molecule has 2 aromatic rings. The zero-order valence-corrected chi connectivity index (χ0v) is 10.1. The molecule has 0 amide bonds. The van der Waals surface area contributed by atoms with Crippen molar-refractivity contribution in [3.8, 4) is 5.75 Å². The Morgan fingerprint density at radius 2 is 2.24 bits per heavy atom. The molecule has 4 heteroatoms. The van der Waals surface area contributed by atoms with Crippen molar-refractivity contribution in [1.82, 2.24) is 9.55 Å². The van der Waals surface area contributed by atoms with Gasteiger partial charge in [-0.2, -0.15) is 0 Å². The highest BCUT2D eigenvalue weighted by atomic mass is 16.5. The zero-order valence-electron chi connectivity index (χ0n) is 10.1. The molecular formula is C13H16N2O2. The van der Waals surface area contributed by atoms with E-state index < -0.39 is 0 Å². The summed E-state index contributed by atoms with van der Waals surface area (Å²) in [5.41, 5.74) is 2.79. The molecule has 0 saturated carbocycles. The molecule has 2 heterocycles. The second-order valence-corrected chi connectivity index (χ2v) is 3.99. The Morgan fingerprint density at radius 1 is 1.41 bits per heavy atom. The molecule has 0 radical (unpaired) electrons. The number of rotatable bonds is 4. The summed E-state index contributed by atoms with van der Waals surface area (Å²) in [6.07, 6.45) is 3.85. The zero-order chi connectivity index (χ0) is 12.3. The average molecular weight is 232 g/mol. The molecule has 2 rings (SSSR count). The lowest BCUT2D eigenvalue weighted by atomic mass is 10.3. The monoisotopic (exact) mass is 232 g/mol. The molecule has 0 aliphatic heterocycles. The van der Waals surface area contributed by atoms with Gasteiger partial charge in [0.1, 0.15) is 5.75 Å². The Hall–Kier alpha value is -1.81. The van der Waals surface area contributed by atoms with Gasteiger partial charge in [0, 0.05) is 30.2 Å². The number of ether oxygens (including phenoxy) is 1. The van der Waals surface area contributed by atoms with Crippen LogP contribution in [0.25, 0.3) is 0 Å². The first-order chi connectivity index (χ1) is 8.21. The van der Waals surface area contributed by atoms with Gasteiger partial charge in [-0.15, -0.1) is 0 Å². The van der Waals surface area contributed by atoms with Gasteiger partial charge in [0.2, 0.25) is 0 Å². The summed E-state index contributed by atoms with van der Waals surface area (Å²) in [7, 11) is 1.65. The van der Waals surface area contributed by atoms with E-state index in [9.17, 15) is 0 Å². The summed E-state index contributed by atoms with van der Waals surface area (Å²) in [4.78, 5) is 4.45. The largest absolute Gasteiger partial charge is 0.497 e. The summed E-state index contributed by atoms with van der Waals surface area (Å²) in [6, 6.07) is 5.72. The van der Waals surface area contributed by atoms with Gasteiger partial charge in [-0.1, -0.05) is 0 Å². The van der Waals surface area contributed by atoms with Crippen molar-refractivity contribution in [2.75, 3.05) is 7.11 Å². The normalized spacial score (nSPS) is 10.5. The van der Waals surface area contributed by atoms with Crippen molar-refractivity contribution in [1.29, 1.82) is 0 Å². The molecule has 0 fully saturated rings. The number of pyridine rings is 1. The van der Waals surface area contributed by atoms with Crippen molar-refractivity contribution >= 4 is 0 Å². The van der Waals surface area contributed by atoms with Gasteiger partial charge < -0.3 is 14.4 Å². The Kier molecular flexibility index (Phi) is 3.44. The Morgan fingerprint density at radius 3 is 2.88 bits per heavy atom. The van der Waals surface area contributed by atoms with Crippen molar-refractivity contribution in [2.45, 2.75) is 20.1 Å². The summed E-state index contributed by atoms with van der Waals surface area (Å²) in [5.74, 6) is 0.821. The number of aliphatic hydroxyl groups excluding tert-OH is 1. The molecule has 0 aliphatic rings. The third-order valence-corrected chi connectivity index (χ3v) is 2.55. The molecule has 17 heavy (non-hydrogen) atoms. The minimum atomic E-state index is 0.0670. The summed E-state index contributed by atoms with van der Waals surface area (Å²) in [5, 5.41) is 8.99. The van der Waals surface area contributed by atoms with Gasteiger partial charge >= 0.3 is 0 Å². The van der Waals surface area contributed by atoms with Crippen LogP contribution in [0.15, 0.2) is 30.6 Å². The van der Waals surface area contributed by atoms with E-state index in [1.165, 1.54) is 0 Å². The standard InChI is InChI=1S/C13H16N2O2/c1-10-5-13(17-2)6-12(14-10)8-15-4-3-11(7-15)9-16/h3-7,16H,8-9H2,1-2H3. The van der Waals surface area contributed by atoms with E-state index in [-0.39, 0.29) is 6.61 Å². The molecule has 4 nitrogen and oxygen atoms in total. The highest BCUT2D eigenvalue weighted by Gasteiger charge is 2.02. The number of aliphatic hydroxyl groups is 1. The highest BCUT2D eigenvalue weighted by molar-refractivity contribution is 5.27. The summed E-state index contributed by atoms with van der Waals surface area (Å²) >= 11 is 0. The van der Waals surface area contributed by atoms with Crippen LogP contribution in [0.4, 0.5) is 0 Å². The maximum atomic E-state index is 8.99. The predicted octanol–water partition coefficient (Wildman–Crippen LogP) is 1.74. The Labute approximate surface area is 100 Å². The average Bonchev–Trinajstić information content (AvgIpc) is 2.76. The number of methoxy groups -OCH3 is 1. The van der Waals surface area contributed by atoms with E-state index in [0.29, 0.717) is 6.54 Å². The highest BCUT2D eigenvalue weighted by Crippen LogP contribution is 2.14. The first kappa shape index (κ1) is 11.7. The van der Waals surface area contributed by atoms with Crippen LogP contribution in [0.3, 0.4) is 0 Å². The molecule has 0 aromatic carbocycles. The molecule has 0 spiro atoms. The fourth-order valence-electron chi connectivity index (χ4n) is 1.77. The van der Waals surface area contributed by atoms with Crippen LogP contribution in [-0.2, 0) is 13.2 Å². The molecule has 90 valence electrons. The summed E-state index contributed by atoms with van der Waals surface area (Å²) < 4.78 is 7.20. The number of hydrogen-bond donors (Lipinski definition) is 1. The second-order valence-electron chi connectivity index (χ2n) is 3.99. The van der Waals surface area contributed by atoms with Gasteiger partial charge in [-0.3, -0.25) is 4.98 Å². The fraction of sp³-hybridized carbons (Fsp3) is 0.308. The van der Waals surface area contributed by atoms with Crippen molar-refractivity contribution in [3.63, 3.8) is 0 Å². The van der Waals surface area contributed by atoms with E-state index in [1.807, 2.05) is 42.1 Å². The Bertz CT molecular complexity index is 506. The third kappa shape index (κ3) is 2.85. The van der Waals surface area contributed by atoms with Gasteiger partial charge in [-0.05, 0) is 18.6 Å². The SMILES string of the molecule is COc1cc(C)nc(Cn2ccc(CO)c2)c1. The van der Waals surface area contributed by atoms with Crippen LogP contribution in [0.2, 0.25) is 0 Å². The predicted molar refractivity (Wildman–Crippen MR) is 65.0 cm³/mol. The van der Waals surface area contributed by atoms with Gasteiger partial charge in [-0.25, -0.2) is 0 Å². The Balaban J connectivity index is 2.20. The molecule has 2 aromatic heterocycles. The molecular weight excluding hydrogens is 216 g/mol. The van der Waals surface area contributed by atoms with Crippen LogP contribution in [0.1, 0.15) is 17.0 Å². The first-order valence-corrected chi connectivity index (χ1v) is 5.48.